The second kappa shape index (κ2) is 12.4. The number of alkyl carbamates (subject to hydrolysis) is 1. The van der Waals surface area contributed by atoms with Gasteiger partial charge in [0.25, 0.3) is 5.91 Å². The highest BCUT2D eigenvalue weighted by molar-refractivity contribution is 6.00. The first kappa shape index (κ1) is 30.8. The van der Waals surface area contributed by atoms with Crippen LogP contribution in [-0.4, -0.2) is 51.7 Å². The average molecular weight is 526 g/mol. The van der Waals surface area contributed by atoms with Gasteiger partial charge in [-0.05, 0) is 84.6 Å². The number of nitrogens with one attached hydrogen (secondary N) is 2. The van der Waals surface area contributed by atoms with Crippen LogP contribution in [-0.2, 0) is 14.3 Å². The standard InChI is InChI=1S/C30H43N3O5/c1-10-30(8,9)33(27(36)24(18-34)32-28(37)38-29(5,6)7)25(22-17-19(2)15-16-20(22)3)26(35)31-23-14-12-11-13-21(23)4/h11-17,24-25,34H,10,18H2,1-9H3,(H,31,35)(H,32,37). The van der Waals surface area contributed by atoms with Crippen LogP contribution in [0.1, 0.15) is 76.3 Å². The lowest BCUT2D eigenvalue weighted by molar-refractivity contribution is -0.148. The van der Waals surface area contributed by atoms with Gasteiger partial charge in [0.05, 0.1) is 6.61 Å². The van der Waals surface area contributed by atoms with Gasteiger partial charge in [0, 0.05) is 11.2 Å². The monoisotopic (exact) mass is 525 g/mol. The number of hydrogen-bond donors (Lipinski definition) is 3. The first-order chi connectivity index (χ1) is 17.6. The molecule has 8 heteroatoms. The van der Waals surface area contributed by atoms with Gasteiger partial charge in [-0.3, -0.25) is 9.59 Å². The molecule has 2 aromatic carbocycles. The SMILES string of the molecule is CCC(C)(C)N(C(=O)C(CO)NC(=O)OC(C)(C)C)C(C(=O)Nc1ccccc1C)c1cc(C)ccc1C. The Morgan fingerprint density at radius 2 is 1.61 bits per heavy atom. The number of carbonyl (C=O) groups excluding carboxylic acids is 3. The summed E-state index contributed by atoms with van der Waals surface area (Å²) < 4.78 is 5.32. The topological polar surface area (TPSA) is 108 Å². The van der Waals surface area contributed by atoms with E-state index in [1.54, 1.807) is 20.8 Å². The number of amides is 3. The zero-order valence-corrected chi connectivity index (χ0v) is 24.1. The van der Waals surface area contributed by atoms with E-state index >= 15 is 0 Å². The number of ether oxygens (including phenoxy) is 1. The molecule has 38 heavy (non-hydrogen) atoms. The predicted molar refractivity (Wildman–Crippen MR) is 150 cm³/mol. The Balaban J connectivity index is 2.65. The molecule has 0 aliphatic rings. The van der Waals surface area contributed by atoms with E-state index < -0.39 is 47.7 Å². The van der Waals surface area contributed by atoms with Crippen molar-refractivity contribution in [3.63, 3.8) is 0 Å². The summed E-state index contributed by atoms with van der Waals surface area (Å²) in [6, 6.07) is 10.9. The maximum absolute atomic E-state index is 14.1. The Kier molecular flexibility index (Phi) is 10.1. The van der Waals surface area contributed by atoms with Gasteiger partial charge in [-0.1, -0.05) is 48.9 Å². The van der Waals surface area contributed by atoms with E-state index in [1.807, 2.05) is 84.0 Å². The molecule has 0 spiro atoms. The summed E-state index contributed by atoms with van der Waals surface area (Å²) in [6.45, 7) is 15.8. The van der Waals surface area contributed by atoms with Gasteiger partial charge in [-0.25, -0.2) is 4.79 Å². The number of carbonyl (C=O) groups is 3. The highest BCUT2D eigenvalue weighted by Crippen LogP contribution is 2.35. The first-order valence-electron chi connectivity index (χ1n) is 13.0. The maximum atomic E-state index is 14.1. The summed E-state index contributed by atoms with van der Waals surface area (Å²) in [4.78, 5) is 42.2. The molecule has 0 saturated carbocycles. The van der Waals surface area contributed by atoms with Gasteiger partial charge in [0.2, 0.25) is 5.91 Å². The van der Waals surface area contributed by atoms with Crippen molar-refractivity contribution in [2.24, 2.45) is 0 Å². The Bertz CT molecular complexity index is 1150. The van der Waals surface area contributed by atoms with Crippen LogP contribution in [0.15, 0.2) is 42.5 Å². The van der Waals surface area contributed by atoms with Gasteiger partial charge in [0.15, 0.2) is 0 Å². The van der Waals surface area contributed by atoms with Crippen LogP contribution in [0.25, 0.3) is 0 Å². The molecule has 0 aliphatic carbocycles. The summed E-state index contributed by atoms with van der Waals surface area (Å²) in [7, 11) is 0. The number of para-hydroxylation sites is 1. The van der Waals surface area contributed by atoms with Crippen LogP contribution in [0.4, 0.5) is 10.5 Å². The molecule has 3 N–H and O–H groups in total. The molecule has 2 unspecified atom stereocenters. The van der Waals surface area contributed by atoms with Crippen LogP contribution in [0.2, 0.25) is 0 Å². The molecule has 2 rings (SSSR count). The van der Waals surface area contributed by atoms with Crippen molar-refractivity contribution in [3.05, 3.63) is 64.7 Å². The molecule has 0 fully saturated rings. The highest BCUT2D eigenvalue weighted by Gasteiger charge is 2.43. The lowest BCUT2D eigenvalue weighted by Crippen LogP contribution is -2.59. The Labute approximate surface area is 226 Å². The first-order valence-corrected chi connectivity index (χ1v) is 13.0. The Morgan fingerprint density at radius 3 is 2.16 bits per heavy atom. The van der Waals surface area contributed by atoms with Gasteiger partial charge in [0.1, 0.15) is 17.7 Å². The number of anilines is 1. The third kappa shape index (κ3) is 7.81. The van der Waals surface area contributed by atoms with Crippen molar-refractivity contribution in [2.45, 2.75) is 92.0 Å². The second-order valence-electron chi connectivity index (χ2n) is 11.3. The van der Waals surface area contributed by atoms with Crippen molar-refractivity contribution in [2.75, 3.05) is 11.9 Å². The van der Waals surface area contributed by atoms with Crippen molar-refractivity contribution in [1.82, 2.24) is 10.2 Å². The molecule has 2 aromatic rings. The van der Waals surface area contributed by atoms with E-state index in [-0.39, 0.29) is 0 Å². The molecular formula is C30H43N3O5. The minimum atomic E-state index is -1.31. The largest absolute Gasteiger partial charge is 0.444 e. The van der Waals surface area contributed by atoms with Crippen LogP contribution < -0.4 is 10.6 Å². The lowest BCUT2D eigenvalue weighted by atomic mass is 9.89. The van der Waals surface area contributed by atoms with Gasteiger partial charge < -0.3 is 25.4 Å². The van der Waals surface area contributed by atoms with Crippen LogP contribution >= 0.6 is 0 Å². The molecule has 2 atom stereocenters. The fraction of sp³-hybridized carbons (Fsp3) is 0.500. The number of aryl methyl sites for hydroxylation is 3. The van der Waals surface area contributed by atoms with E-state index in [0.29, 0.717) is 17.7 Å². The summed E-state index contributed by atoms with van der Waals surface area (Å²) in [5, 5.41) is 15.7. The van der Waals surface area contributed by atoms with Crippen LogP contribution in [0.5, 0.6) is 0 Å². The van der Waals surface area contributed by atoms with Gasteiger partial charge in [-0.2, -0.15) is 0 Å². The summed E-state index contributed by atoms with van der Waals surface area (Å²) in [5.41, 5.74) is 2.36. The molecule has 0 aliphatic heterocycles. The van der Waals surface area contributed by atoms with E-state index in [2.05, 4.69) is 10.6 Å². The van der Waals surface area contributed by atoms with E-state index in [4.69, 9.17) is 4.74 Å². The third-order valence-corrected chi connectivity index (χ3v) is 6.57. The predicted octanol–water partition coefficient (Wildman–Crippen LogP) is 5.19. The number of rotatable bonds is 9. The number of hydrogen-bond acceptors (Lipinski definition) is 5. The van der Waals surface area contributed by atoms with Crippen molar-refractivity contribution in [3.8, 4) is 0 Å². The Morgan fingerprint density at radius 1 is 0.974 bits per heavy atom. The molecule has 0 aromatic heterocycles. The summed E-state index contributed by atoms with van der Waals surface area (Å²) in [6.07, 6.45) is -0.311. The molecular weight excluding hydrogens is 482 g/mol. The van der Waals surface area contributed by atoms with Gasteiger partial charge in [-0.15, -0.1) is 0 Å². The third-order valence-electron chi connectivity index (χ3n) is 6.57. The van der Waals surface area contributed by atoms with E-state index in [0.717, 1.165) is 16.7 Å². The number of aliphatic hydroxyl groups is 1. The van der Waals surface area contributed by atoms with Crippen LogP contribution in [0.3, 0.4) is 0 Å². The Hall–Kier alpha value is -3.39. The molecule has 0 radical (unpaired) electrons. The number of aliphatic hydroxyl groups excluding tert-OH is 1. The molecule has 3 amide bonds. The maximum Gasteiger partial charge on any atom is 0.408 e. The zero-order chi connectivity index (χ0) is 28.8. The van der Waals surface area contributed by atoms with Crippen LogP contribution in [0, 0.1) is 20.8 Å². The molecule has 0 saturated heterocycles. The number of benzene rings is 2. The fourth-order valence-electron chi connectivity index (χ4n) is 4.11. The van der Waals surface area contributed by atoms with Gasteiger partial charge >= 0.3 is 6.09 Å². The fourth-order valence-corrected chi connectivity index (χ4v) is 4.11. The average Bonchev–Trinajstić information content (AvgIpc) is 2.82. The lowest BCUT2D eigenvalue weighted by Gasteiger charge is -2.44. The molecule has 8 nitrogen and oxygen atoms in total. The van der Waals surface area contributed by atoms with Crippen molar-refractivity contribution < 1.29 is 24.2 Å². The normalized spacial score (nSPS) is 13.3. The summed E-state index contributed by atoms with van der Waals surface area (Å²) >= 11 is 0. The van der Waals surface area contributed by atoms with Crippen molar-refractivity contribution >= 4 is 23.6 Å². The zero-order valence-electron chi connectivity index (χ0n) is 24.1. The summed E-state index contributed by atoms with van der Waals surface area (Å²) in [5.74, 6) is -0.979. The molecule has 208 valence electrons. The number of nitrogens with zero attached hydrogens (tertiary/aromatic N) is 1. The van der Waals surface area contributed by atoms with Crippen molar-refractivity contribution in [1.29, 1.82) is 0 Å². The minimum absolute atomic E-state index is 0.392. The minimum Gasteiger partial charge on any atom is -0.444 e. The second-order valence-corrected chi connectivity index (χ2v) is 11.3. The van der Waals surface area contributed by atoms with E-state index in [9.17, 15) is 19.5 Å². The quantitative estimate of drug-likeness (QED) is 0.417. The smallest absolute Gasteiger partial charge is 0.408 e. The highest BCUT2D eigenvalue weighted by atomic mass is 16.6. The molecule has 0 heterocycles. The molecule has 0 bridgehead atoms. The van der Waals surface area contributed by atoms with E-state index in [1.165, 1.54) is 4.90 Å².